The summed E-state index contributed by atoms with van der Waals surface area (Å²) in [6, 6.07) is 1.79. The summed E-state index contributed by atoms with van der Waals surface area (Å²) < 4.78 is 5.45. The van der Waals surface area contributed by atoms with Crippen molar-refractivity contribution >= 4 is 12.0 Å². The molecule has 1 aromatic heterocycles. The first-order valence-electron chi connectivity index (χ1n) is 9.08. The van der Waals surface area contributed by atoms with Crippen LogP contribution in [-0.2, 0) is 17.6 Å². The fourth-order valence-electron chi connectivity index (χ4n) is 4.16. The van der Waals surface area contributed by atoms with Gasteiger partial charge in [0.2, 0.25) is 0 Å². The number of H-pyrrole nitrogens is 1. The molecule has 0 saturated carbocycles. The number of carbonyl (C=O) groups excluding carboxylic acids is 2. The second kappa shape index (κ2) is 6.20. The Balaban J connectivity index is 1.53. The van der Waals surface area contributed by atoms with Crippen molar-refractivity contribution in [1.82, 2.24) is 15.2 Å². The van der Waals surface area contributed by atoms with E-state index in [0.717, 1.165) is 49.8 Å². The molecule has 0 unspecified atom stereocenters. The summed E-state index contributed by atoms with van der Waals surface area (Å²) in [4.78, 5) is 41.3. The van der Waals surface area contributed by atoms with E-state index in [4.69, 9.17) is 4.74 Å². The highest BCUT2D eigenvalue weighted by Crippen LogP contribution is 2.29. The molecular weight excluding hydrogens is 322 g/mol. The summed E-state index contributed by atoms with van der Waals surface area (Å²) in [5, 5.41) is 2.71. The Kier molecular flexibility index (Phi) is 4.01. The zero-order valence-corrected chi connectivity index (χ0v) is 14.2. The summed E-state index contributed by atoms with van der Waals surface area (Å²) in [5.41, 5.74) is 1.51. The second-order valence-corrected chi connectivity index (χ2v) is 7.29. The Labute approximate surface area is 145 Å². The molecule has 1 aromatic rings. The quantitative estimate of drug-likeness (QED) is 0.804. The first-order chi connectivity index (χ1) is 12.1. The maximum atomic E-state index is 12.9. The number of aryl methyl sites for hydroxylation is 2. The third-order valence-electron chi connectivity index (χ3n) is 5.62. The molecule has 0 aromatic carbocycles. The fourth-order valence-corrected chi connectivity index (χ4v) is 4.16. The molecule has 1 atom stereocenters. The van der Waals surface area contributed by atoms with E-state index in [2.05, 4.69) is 10.3 Å². The van der Waals surface area contributed by atoms with Gasteiger partial charge in [-0.25, -0.2) is 4.79 Å². The van der Waals surface area contributed by atoms with Gasteiger partial charge >= 0.3 is 6.09 Å². The number of pyridine rings is 1. The van der Waals surface area contributed by atoms with Crippen molar-refractivity contribution in [3.63, 3.8) is 0 Å². The summed E-state index contributed by atoms with van der Waals surface area (Å²) in [6.45, 7) is 1.56. The Morgan fingerprint density at radius 3 is 2.76 bits per heavy atom. The van der Waals surface area contributed by atoms with E-state index in [9.17, 15) is 14.4 Å². The van der Waals surface area contributed by atoms with Crippen LogP contribution in [-0.4, -0.2) is 47.1 Å². The van der Waals surface area contributed by atoms with E-state index >= 15 is 0 Å². The average Bonchev–Trinajstić information content (AvgIpc) is 2.85. The van der Waals surface area contributed by atoms with E-state index in [0.29, 0.717) is 26.1 Å². The van der Waals surface area contributed by atoms with Crippen molar-refractivity contribution in [3.05, 3.63) is 33.2 Å². The van der Waals surface area contributed by atoms with E-state index in [1.807, 2.05) is 0 Å². The highest BCUT2D eigenvalue weighted by molar-refractivity contribution is 5.94. The zero-order valence-electron chi connectivity index (χ0n) is 14.2. The van der Waals surface area contributed by atoms with Gasteiger partial charge in [0, 0.05) is 25.2 Å². The molecule has 2 saturated heterocycles. The predicted octanol–water partition coefficient (Wildman–Crippen LogP) is 1.36. The molecule has 4 rings (SSSR count). The van der Waals surface area contributed by atoms with Gasteiger partial charge in [0.05, 0.1) is 6.54 Å². The van der Waals surface area contributed by atoms with Crippen molar-refractivity contribution in [1.29, 1.82) is 0 Å². The van der Waals surface area contributed by atoms with Crippen LogP contribution in [0.1, 0.15) is 53.7 Å². The number of aromatic nitrogens is 1. The van der Waals surface area contributed by atoms with Crippen molar-refractivity contribution in [2.75, 3.05) is 19.6 Å². The van der Waals surface area contributed by atoms with Gasteiger partial charge in [0.25, 0.3) is 11.5 Å². The van der Waals surface area contributed by atoms with Crippen LogP contribution in [0, 0.1) is 0 Å². The van der Waals surface area contributed by atoms with Crippen LogP contribution in [0.25, 0.3) is 0 Å². The van der Waals surface area contributed by atoms with Crippen LogP contribution in [0.4, 0.5) is 4.79 Å². The third-order valence-corrected chi connectivity index (χ3v) is 5.62. The van der Waals surface area contributed by atoms with Gasteiger partial charge in [0.15, 0.2) is 0 Å². The number of nitrogens with one attached hydrogen (secondary N) is 2. The predicted molar refractivity (Wildman–Crippen MR) is 90.7 cm³/mol. The first-order valence-corrected chi connectivity index (χ1v) is 9.08. The number of ether oxygens (including phenoxy) is 1. The van der Waals surface area contributed by atoms with Gasteiger partial charge in [-0.15, -0.1) is 0 Å². The lowest BCUT2D eigenvalue weighted by molar-refractivity contribution is 0.0438. The molecule has 1 aliphatic carbocycles. The van der Waals surface area contributed by atoms with Gasteiger partial charge < -0.3 is 19.9 Å². The van der Waals surface area contributed by atoms with Crippen molar-refractivity contribution in [2.24, 2.45) is 0 Å². The monoisotopic (exact) mass is 345 g/mol. The lowest BCUT2D eigenvalue weighted by Crippen LogP contribution is -2.38. The summed E-state index contributed by atoms with van der Waals surface area (Å²) >= 11 is 0. The van der Waals surface area contributed by atoms with Crippen molar-refractivity contribution in [2.45, 2.75) is 50.5 Å². The minimum atomic E-state index is -0.506. The number of aromatic amines is 1. The maximum absolute atomic E-state index is 12.9. The van der Waals surface area contributed by atoms with Gasteiger partial charge in [-0.2, -0.15) is 0 Å². The number of alkyl carbamates (subject to hydrolysis) is 1. The summed E-state index contributed by atoms with van der Waals surface area (Å²) in [7, 11) is 0. The van der Waals surface area contributed by atoms with Gasteiger partial charge in [-0.3, -0.25) is 9.59 Å². The largest absolute Gasteiger partial charge is 0.441 e. The van der Waals surface area contributed by atoms with E-state index < -0.39 is 5.60 Å². The fraction of sp³-hybridized carbons (Fsp3) is 0.611. The molecule has 0 radical (unpaired) electrons. The first kappa shape index (κ1) is 16.2. The van der Waals surface area contributed by atoms with Crippen LogP contribution in [0.2, 0.25) is 0 Å². The Hall–Kier alpha value is -2.31. The molecule has 2 N–H and O–H groups in total. The van der Waals surface area contributed by atoms with Crippen molar-refractivity contribution in [3.8, 4) is 0 Å². The second-order valence-electron chi connectivity index (χ2n) is 7.29. The smallest absolute Gasteiger partial charge is 0.407 e. The van der Waals surface area contributed by atoms with E-state index in [1.54, 1.807) is 11.0 Å². The Morgan fingerprint density at radius 2 is 1.96 bits per heavy atom. The molecule has 2 aliphatic heterocycles. The third kappa shape index (κ3) is 3.03. The molecular formula is C18H23N3O4. The number of fused-ring (bicyclic) bond motifs is 1. The van der Waals surface area contributed by atoms with Crippen molar-refractivity contribution < 1.29 is 14.3 Å². The van der Waals surface area contributed by atoms with Crippen LogP contribution >= 0.6 is 0 Å². The number of hydrogen-bond donors (Lipinski definition) is 2. The van der Waals surface area contributed by atoms with Gasteiger partial charge in [-0.05, 0) is 50.2 Å². The molecule has 25 heavy (non-hydrogen) atoms. The number of amides is 2. The maximum Gasteiger partial charge on any atom is 0.407 e. The number of hydrogen-bond acceptors (Lipinski definition) is 4. The van der Waals surface area contributed by atoms with Gasteiger partial charge in [0.1, 0.15) is 11.2 Å². The molecule has 2 amide bonds. The molecule has 3 aliphatic rings. The number of rotatable bonds is 1. The molecule has 134 valence electrons. The highest BCUT2D eigenvalue weighted by Gasteiger charge is 2.42. The Bertz CT molecular complexity index is 772. The highest BCUT2D eigenvalue weighted by atomic mass is 16.6. The minimum Gasteiger partial charge on any atom is -0.441 e. The summed E-state index contributed by atoms with van der Waals surface area (Å²) in [5.74, 6) is -0.219. The van der Waals surface area contributed by atoms with E-state index in [-0.39, 0.29) is 23.1 Å². The molecule has 7 nitrogen and oxygen atoms in total. The van der Waals surface area contributed by atoms with Crippen LogP contribution < -0.4 is 10.9 Å². The van der Waals surface area contributed by atoms with E-state index in [1.165, 1.54) is 0 Å². The van der Waals surface area contributed by atoms with Gasteiger partial charge in [-0.1, -0.05) is 0 Å². The number of nitrogens with zero attached hydrogens (tertiary/aromatic N) is 1. The molecule has 7 heteroatoms. The van der Waals surface area contributed by atoms with Crippen LogP contribution in [0.5, 0.6) is 0 Å². The molecule has 3 heterocycles. The SMILES string of the molecule is O=C1NC[C@]2(CCCN(C(=O)c3cc4c([nH]c3=O)CCCC4)CC2)O1. The standard InChI is InChI=1S/C18H23N3O4/c22-15-13(10-12-4-1-2-5-14(12)20-15)16(23)21-8-3-6-18(7-9-21)11-19-17(24)25-18/h10H,1-9,11H2,(H,19,24)(H,20,22)/t18-/m1/s1. The summed E-state index contributed by atoms with van der Waals surface area (Å²) in [6.07, 6.45) is 5.67. The molecule has 1 spiro atoms. The lowest BCUT2D eigenvalue weighted by Gasteiger charge is -2.25. The average molecular weight is 345 g/mol. The topological polar surface area (TPSA) is 91.5 Å². The minimum absolute atomic E-state index is 0.219. The number of carbonyl (C=O) groups is 2. The van der Waals surface area contributed by atoms with Crippen LogP contribution in [0.3, 0.4) is 0 Å². The molecule has 2 fully saturated rings. The lowest BCUT2D eigenvalue weighted by atomic mass is 9.94. The zero-order chi connectivity index (χ0) is 17.4. The van der Waals surface area contributed by atoms with Crippen LogP contribution in [0.15, 0.2) is 10.9 Å². The normalized spacial score (nSPS) is 25.9. The Morgan fingerprint density at radius 1 is 1.12 bits per heavy atom. The molecule has 0 bridgehead atoms. The number of likely N-dealkylation sites (tertiary alicyclic amines) is 1.